The van der Waals surface area contributed by atoms with Crippen molar-refractivity contribution < 1.29 is 22.6 Å². The number of para-hydroxylation sites is 1. The van der Waals surface area contributed by atoms with Crippen molar-refractivity contribution in [1.82, 2.24) is 5.43 Å². The van der Waals surface area contributed by atoms with Crippen LogP contribution in [0.25, 0.3) is 0 Å². The average molecular weight is 413 g/mol. The van der Waals surface area contributed by atoms with Gasteiger partial charge in [0.05, 0.1) is 21.6 Å². The van der Waals surface area contributed by atoms with E-state index in [1.54, 1.807) is 24.3 Å². The number of carbonyl (C=O) groups excluding carboxylic acids is 1. The van der Waals surface area contributed by atoms with E-state index in [9.17, 15) is 23.3 Å². The highest BCUT2D eigenvalue weighted by molar-refractivity contribution is 7.90. The van der Waals surface area contributed by atoms with Gasteiger partial charge in [-0.3, -0.25) is 14.9 Å². The number of sulfone groups is 1. The number of nitro groups is 1. The van der Waals surface area contributed by atoms with Crippen molar-refractivity contribution in [2.24, 2.45) is 5.10 Å². The summed E-state index contributed by atoms with van der Waals surface area (Å²) in [7, 11) is -3.61. The molecule has 2 aromatic carbocycles. The molecule has 0 radical (unpaired) electrons. The van der Waals surface area contributed by atoms with Crippen LogP contribution >= 0.6 is 0 Å². The van der Waals surface area contributed by atoms with E-state index < -0.39 is 26.4 Å². The summed E-state index contributed by atoms with van der Waals surface area (Å²) in [6, 6.07) is 16.5. The lowest BCUT2D eigenvalue weighted by molar-refractivity contribution is -0.385. The van der Waals surface area contributed by atoms with Crippen LogP contribution in [0.4, 0.5) is 5.69 Å². The molecule has 0 aliphatic rings. The Morgan fingerprint density at radius 2 is 1.76 bits per heavy atom. The molecular formula is C19H15N3O6S. The van der Waals surface area contributed by atoms with Crippen LogP contribution in [0.5, 0.6) is 0 Å². The molecule has 10 heteroatoms. The lowest BCUT2D eigenvalue weighted by Crippen LogP contribution is -2.17. The van der Waals surface area contributed by atoms with E-state index in [-0.39, 0.29) is 27.7 Å². The van der Waals surface area contributed by atoms with Crippen LogP contribution in [-0.4, -0.2) is 25.5 Å². The quantitative estimate of drug-likeness (QED) is 0.360. The second-order valence-electron chi connectivity index (χ2n) is 5.85. The molecule has 0 spiro atoms. The Kier molecular flexibility index (Phi) is 5.84. The van der Waals surface area contributed by atoms with Gasteiger partial charge in [-0.1, -0.05) is 30.3 Å². The predicted molar refractivity (Wildman–Crippen MR) is 104 cm³/mol. The Bertz CT molecular complexity index is 1170. The van der Waals surface area contributed by atoms with E-state index in [1.807, 2.05) is 0 Å². The van der Waals surface area contributed by atoms with E-state index in [2.05, 4.69) is 10.5 Å². The molecule has 0 fully saturated rings. The van der Waals surface area contributed by atoms with Crippen molar-refractivity contribution in [3.05, 3.63) is 93.9 Å². The Morgan fingerprint density at radius 1 is 1.07 bits per heavy atom. The normalized spacial score (nSPS) is 11.4. The van der Waals surface area contributed by atoms with Crippen LogP contribution < -0.4 is 5.43 Å². The maximum Gasteiger partial charge on any atom is 0.307 e. The van der Waals surface area contributed by atoms with E-state index >= 15 is 0 Å². The summed E-state index contributed by atoms with van der Waals surface area (Å²) in [6.45, 7) is 0. The number of hydrazone groups is 1. The molecule has 3 rings (SSSR count). The largest absolute Gasteiger partial charge is 0.455 e. The number of furan rings is 1. The Labute approximate surface area is 165 Å². The highest BCUT2D eigenvalue weighted by Crippen LogP contribution is 2.18. The number of rotatable bonds is 7. The SMILES string of the molecule is O=C(N/N=C\c1ccccc1[N+](=O)[O-])c1ccc(CS(=O)(=O)c2ccccc2)o1. The summed E-state index contributed by atoms with van der Waals surface area (Å²) in [5, 5.41) is 14.6. The monoisotopic (exact) mass is 413 g/mol. The second-order valence-corrected chi connectivity index (χ2v) is 7.84. The minimum atomic E-state index is -3.61. The first-order valence-corrected chi connectivity index (χ1v) is 9.95. The molecule has 0 atom stereocenters. The van der Waals surface area contributed by atoms with E-state index in [0.29, 0.717) is 0 Å². The smallest absolute Gasteiger partial charge is 0.307 e. The summed E-state index contributed by atoms with van der Waals surface area (Å²) >= 11 is 0. The van der Waals surface area contributed by atoms with Crippen molar-refractivity contribution >= 4 is 27.6 Å². The molecule has 0 aliphatic carbocycles. The first-order chi connectivity index (χ1) is 13.9. The number of nitrogens with zero attached hydrogens (tertiary/aromatic N) is 2. The maximum atomic E-state index is 12.4. The van der Waals surface area contributed by atoms with Crippen molar-refractivity contribution in [2.75, 3.05) is 0 Å². The molecule has 1 amide bonds. The van der Waals surface area contributed by atoms with Crippen molar-refractivity contribution in [3.8, 4) is 0 Å². The Balaban J connectivity index is 1.66. The number of nitro benzene ring substituents is 1. The fourth-order valence-corrected chi connectivity index (χ4v) is 3.72. The molecule has 0 unspecified atom stereocenters. The van der Waals surface area contributed by atoms with Gasteiger partial charge in [-0.2, -0.15) is 5.10 Å². The number of hydrogen-bond acceptors (Lipinski definition) is 7. The van der Waals surface area contributed by atoms with Crippen molar-refractivity contribution in [1.29, 1.82) is 0 Å². The zero-order chi connectivity index (χ0) is 20.9. The molecule has 3 aromatic rings. The topological polar surface area (TPSA) is 132 Å². The fraction of sp³-hybridized carbons (Fsp3) is 0.0526. The van der Waals surface area contributed by atoms with Crippen LogP contribution in [0, 0.1) is 10.1 Å². The van der Waals surface area contributed by atoms with Gasteiger partial charge in [0.25, 0.3) is 5.69 Å². The van der Waals surface area contributed by atoms with Crippen LogP contribution in [0.1, 0.15) is 21.9 Å². The van der Waals surface area contributed by atoms with Gasteiger partial charge in [0, 0.05) is 6.07 Å². The highest BCUT2D eigenvalue weighted by atomic mass is 32.2. The number of hydrogen-bond donors (Lipinski definition) is 1. The van der Waals surface area contributed by atoms with Gasteiger partial charge >= 0.3 is 5.91 Å². The van der Waals surface area contributed by atoms with Gasteiger partial charge in [0.1, 0.15) is 11.5 Å². The van der Waals surface area contributed by atoms with Gasteiger partial charge in [-0.25, -0.2) is 13.8 Å². The molecule has 29 heavy (non-hydrogen) atoms. The fourth-order valence-electron chi connectivity index (χ4n) is 2.45. The summed E-state index contributed by atoms with van der Waals surface area (Å²) in [6.07, 6.45) is 1.14. The van der Waals surface area contributed by atoms with Gasteiger partial charge < -0.3 is 4.42 Å². The minimum Gasteiger partial charge on any atom is -0.455 e. The third-order valence-electron chi connectivity index (χ3n) is 3.82. The molecule has 0 bridgehead atoms. The molecule has 148 valence electrons. The van der Waals surface area contributed by atoms with Crippen molar-refractivity contribution in [3.63, 3.8) is 0 Å². The molecule has 1 heterocycles. The third kappa shape index (κ3) is 4.93. The zero-order valence-corrected chi connectivity index (χ0v) is 15.7. The molecule has 1 N–H and O–H groups in total. The van der Waals surface area contributed by atoms with Gasteiger partial charge in [0.15, 0.2) is 15.6 Å². The second kappa shape index (κ2) is 8.48. The lowest BCUT2D eigenvalue weighted by Gasteiger charge is -2.02. The molecular weight excluding hydrogens is 398 g/mol. The standard InChI is InChI=1S/C19H15N3O6S/c23-19(21-20-12-14-6-4-5-9-17(14)22(24)25)18-11-10-15(28-18)13-29(26,27)16-7-2-1-3-8-16/h1-12H,13H2,(H,21,23)/b20-12-. The van der Waals surface area contributed by atoms with Crippen LogP contribution in [0.3, 0.4) is 0 Å². The lowest BCUT2D eigenvalue weighted by atomic mass is 10.2. The minimum absolute atomic E-state index is 0.0988. The number of carbonyl (C=O) groups is 1. The summed E-state index contributed by atoms with van der Waals surface area (Å²) in [4.78, 5) is 22.6. The molecule has 0 saturated carbocycles. The van der Waals surface area contributed by atoms with Crippen LogP contribution in [-0.2, 0) is 15.6 Å². The number of nitrogens with one attached hydrogen (secondary N) is 1. The summed E-state index contributed by atoms with van der Waals surface area (Å²) in [5.41, 5.74) is 2.25. The van der Waals surface area contributed by atoms with Gasteiger partial charge in [0.2, 0.25) is 0 Å². The summed E-state index contributed by atoms with van der Waals surface area (Å²) in [5.74, 6) is -1.16. The molecule has 0 aliphatic heterocycles. The Morgan fingerprint density at radius 3 is 2.48 bits per heavy atom. The van der Waals surface area contributed by atoms with E-state index in [1.165, 1.54) is 42.5 Å². The predicted octanol–water partition coefficient (Wildman–Crippen LogP) is 2.93. The number of benzene rings is 2. The van der Waals surface area contributed by atoms with Gasteiger partial charge in [-0.05, 0) is 30.3 Å². The first kappa shape index (κ1) is 20.0. The average Bonchev–Trinajstić information content (AvgIpc) is 3.17. The van der Waals surface area contributed by atoms with Crippen LogP contribution in [0.15, 0.2) is 81.1 Å². The molecule has 1 aromatic heterocycles. The van der Waals surface area contributed by atoms with Gasteiger partial charge in [-0.15, -0.1) is 0 Å². The zero-order valence-electron chi connectivity index (χ0n) is 14.9. The molecule has 9 nitrogen and oxygen atoms in total. The van der Waals surface area contributed by atoms with Crippen molar-refractivity contribution in [2.45, 2.75) is 10.6 Å². The number of amides is 1. The Hall–Kier alpha value is -3.79. The maximum absolute atomic E-state index is 12.4. The van der Waals surface area contributed by atoms with Crippen LogP contribution in [0.2, 0.25) is 0 Å². The summed E-state index contributed by atoms with van der Waals surface area (Å²) < 4.78 is 30.0. The molecule has 0 saturated heterocycles. The highest BCUT2D eigenvalue weighted by Gasteiger charge is 2.19. The third-order valence-corrected chi connectivity index (χ3v) is 5.48. The van der Waals surface area contributed by atoms with E-state index in [4.69, 9.17) is 4.42 Å². The van der Waals surface area contributed by atoms with E-state index in [0.717, 1.165) is 6.21 Å². The first-order valence-electron chi connectivity index (χ1n) is 8.30.